The highest BCUT2D eigenvalue weighted by atomic mass is 35.5. The Hall–Kier alpha value is -1.59. The van der Waals surface area contributed by atoms with Crippen molar-refractivity contribution < 1.29 is 14.3 Å². The molecule has 2 bridgehead atoms. The Kier molecular flexibility index (Phi) is 7.26. The molecule has 3 rings (SSSR count). The molecule has 6 heteroatoms. The second-order valence-corrected chi connectivity index (χ2v) is 6.68. The number of ether oxygens (including phenoxy) is 1. The van der Waals surface area contributed by atoms with Crippen LogP contribution in [0, 0.1) is 0 Å². The van der Waals surface area contributed by atoms with Gasteiger partial charge in [-0.25, -0.2) is 0 Å². The summed E-state index contributed by atoms with van der Waals surface area (Å²) >= 11 is 0. The van der Waals surface area contributed by atoms with Crippen molar-refractivity contribution in [2.75, 3.05) is 20.2 Å². The van der Waals surface area contributed by atoms with E-state index in [1.807, 2.05) is 0 Å². The van der Waals surface area contributed by atoms with Gasteiger partial charge in [-0.2, -0.15) is 0 Å². The number of nitrogens with one attached hydrogen (secondary N) is 1. The summed E-state index contributed by atoms with van der Waals surface area (Å²) in [5.41, 5.74) is 0.683. The molecule has 1 amide bonds. The summed E-state index contributed by atoms with van der Waals surface area (Å²) < 4.78 is 5.10. The summed E-state index contributed by atoms with van der Waals surface area (Å²) in [6.07, 6.45) is 4.78. The van der Waals surface area contributed by atoms with Crippen LogP contribution in [0.25, 0.3) is 0 Å². The van der Waals surface area contributed by atoms with Crippen molar-refractivity contribution in [1.82, 2.24) is 10.2 Å². The number of benzene rings is 1. The standard InChI is InChI=1S/C19H26N2O3.ClH/c1-24-17-9-5-14(6-10-17)18(22)3-2-4-19(23)21-15-7-8-16(21)13-20-12-11-15;/h5-6,9-10,15-16,20H,2-4,7-8,11-13H2,1H3;1H. The summed E-state index contributed by atoms with van der Waals surface area (Å²) in [7, 11) is 1.61. The Morgan fingerprint density at radius 3 is 2.56 bits per heavy atom. The van der Waals surface area contributed by atoms with Gasteiger partial charge < -0.3 is 15.0 Å². The zero-order valence-electron chi connectivity index (χ0n) is 14.7. The van der Waals surface area contributed by atoms with Gasteiger partial charge in [0.2, 0.25) is 5.91 Å². The number of hydrogen-bond donors (Lipinski definition) is 1. The first-order valence-electron chi connectivity index (χ1n) is 8.88. The molecule has 5 nitrogen and oxygen atoms in total. The quantitative estimate of drug-likeness (QED) is 0.786. The van der Waals surface area contributed by atoms with Crippen LogP contribution in [0.4, 0.5) is 0 Å². The zero-order valence-corrected chi connectivity index (χ0v) is 15.5. The van der Waals surface area contributed by atoms with Crippen molar-refractivity contribution in [2.24, 2.45) is 0 Å². The summed E-state index contributed by atoms with van der Waals surface area (Å²) in [6, 6.07) is 7.89. The molecule has 1 aromatic carbocycles. The lowest BCUT2D eigenvalue weighted by atomic mass is 10.0. The molecule has 2 aliphatic heterocycles. The van der Waals surface area contributed by atoms with Gasteiger partial charge in [0.1, 0.15) is 5.75 Å². The van der Waals surface area contributed by atoms with E-state index in [0.29, 0.717) is 36.9 Å². The third-order valence-electron chi connectivity index (χ3n) is 5.15. The Labute approximate surface area is 155 Å². The van der Waals surface area contributed by atoms with E-state index in [-0.39, 0.29) is 24.1 Å². The smallest absolute Gasteiger partial charge is 0.223 e. The topological polar surface area (TPSA) is 58.6 Å². The normalized spacial score (nSPS) is 22.0. The highest BCUT2D eigenvalue weighted by Gasteiger charge is 2.37. The van der Waals surface area contributed by atoms with E-state index in [1.54, 1.807) is 31.4 Å². The molecule has 2 saturated heterocycles. The predicted octanol–water partition coefficient (Wildman–Crippen LogP) is 2.82. The van der Waals surface area contributed by atoms with Crippen molar-refractivity contribution in [3.05, 3.63) is 29.8 Å². The Morgan fingerprint density at radius 2 is 1.84 bits per heavy atom. The van der Waals surface area contributed by atoms with Crippen molar-refractivity contribution in [2.45, 2.75) is 50.6 Å². The average Bonchev–Trinajstić information content (AvgIpc) is 2.87. The first-order valence-corrected chi connectivity index (χ1v) is 8.88. The number of rotatable bonds is 6. The molecule has 1 N–H and O–H groups in total. The second kappa shape index (κ2) is 9.20. The monoisotopic (exact) mass is 366 g/mol. The fraction of sp³-hybridized carbons (Fsp3) is 0.579. The second-order valence-electron chi connectivity index (χ2n) is 6.68. The molecule has 2 atom stereocenters. The van der Waals surface area contributed by atoms with Crippen LogP contribution in [0.2, 0.25) is 0 Å². The molecule has 0 aliphatic carbocycles. The van der Waals surface area contributed by atoms with E-state index < -0.39 is 0 Å². The molecule has 2 aliphatic rings. The molecule has 0 radical (unpaired) electrons. The van der Waals surface area contributed by atoms with Gasteiger partial charge in [0.25, 0.3) is 0 Å². The summed E-state index contributed by atoms with van der Waals surface area (Å²) in [4.78, 5) is 26.9. The average molecular weight is 367 g/mol. The van der Waals surface area contributed by atoms with Gasteiger partial charge in [0.05, 0.1) is 7.11 Å². The molecule has 138 valence electrons. The highest BCUT2D eigenvalue weighted by Crippen LogP contribution is 2.29. The van der Waals surface area contributed by atoms with Gasteiger partial charge in [-0.05, 0) is 56.5 Å². The van der Waals surface area contributed by atoms with E-state index in [2.05, 4.69) is 10.2 Å². The summed E-state index contributed by atoms with van der Waals surface area (Å²) in [5, 5.41) is 3.41. The first kappa shape index (κ1) is 19.7. The van der Waals surface area contributed by atoms with Crippen molar-refractivity contribution in [3.8, 4) is 5.75 Å². The number of carbonyl (C=O) groups excluding carboxylic acids is 2. The number of methoxy groups -OCH3 is 1. The molecule has 2 unspecified atom stereocenters. The number of fused-ring (bicyclic) bond motifs is 2. The van der Waals surface area contributed by atoms with Crippen LogP contribution in [-0.2, 0) is 4.79 Å². The Balaban J connectivity index is 0.00000225. The van der Waals surface area contributed by atoms with Crippen molar-refractivity contribution in [1.29, 1.82) is 0 Å². The van der Waals surface area contributed by atoms with Crippen LogP contribution in [0.1, 0.15) is 48.9 Å². The first-order chi connectivity index (χ1) is 11.7. The molecule has 25 heavy (non-hydrogen) atoms. The van der Waals surface area contributed by atoms with Crippen molar-refractivity contribution >= 4 is 24.1 Å². The number of halogens is 1. The SMILES string of the molecule is COc1ccc(C(=O)CCCC(=O)N2C3CCNCC2CC3)cc1.Cl. The molecule has 2 heterocycles. The van der Waals surface area contributed by atoms with Crippen molar-refractivity contribution in [3.63, 3.8) is 0 Å². The van der Waals surface area contributed by atoms with Gasteiger partial charge in [0.15, 0.2) is 5.78 Å². The van der Waals surface area contributed by atoms with Crippen LogP contribution in [0.15, 0.2) is 24.3 Å². The summed E-state index contributed by atoms with van der Waals surface area (Å²) in [6.45, 7) is 1.91. The van der Waals surface area contributed by atoms with E-state index in [9.17, 15) is 9.59 Å². The number of amides is 1. The molecule has 0 spiro atoms. The lowest BCUT2D eigenvalue weighted by molar-refractivity contribution is -0.133. The molecule has 0 saturated carbocycles. The minimum absolute atomic E-state index is 0. The maximum absolute atomic E-state index is 12.6. The van der Waals surface area contributed by atoms with E-state index in [1.165, 1.54) is 0 Å². The largest absolute Gasteiger partial charge is 0.497 e. The minimum atomic E-state index is 0. The maximum Gasteiger partial charge on any atom is 0.223 e. The van der Waals surface area contributed by atoms with Gasteiger partial charge >= 0.3 is 0 Å². The molecule has 2 fully saturated rings. The van der Waals surface area contributed by atoms with Crippen LogP contribution in [0.3, 0.4) is 0 Å². The third kappa shape index (κ3) is 4.73. The molecular weight excluding hydrogens is 340 g/mol. The Bertz CT molecular complexity index is 577. The zero-order chi connectivity index (χ0) is 16.9. The number of carbonyl (C=O) groups is 2. The van der Waals surface area contributed by atoms with E-state index in [0.717, 1.165) is 38.1 Å². The van der Waals surface area contributed by atoms with Crippen LogP contribution < -0.4 is 10.1 Å². The van der Waals surface area contributed by atoms with Crippen LogP contribution in [-0.4, -0.2) is 48.9 Å². The van der Waals surface area contributed by atoms with Gasteiger partial charge in [-0.3, -0.25) is 9.59 Å². The Morgan fingerprint density at radius 1 is 1.12 bits per heavy atom. The van der Waals surface area contributed by atoms with E-state index in [4.69, 9.17) is 4.74 Å². The number of nitrogens with zero attached hydrogens (tertiary/aromatic N) is 1. The molecular formula is C19H27ClN2O3. The van der Waals surface area contributed by atoms with Gasteiger partial charge in [0, 0.05) is 37.0 Å². The number of ketones is 1. The van der Waals surface area contributed by atoms with Gasteiger partial charge in [-0.15, -0.1) is 12.4 Å². The van der Waals surface area contributed by atoms with E-state index >= 15 is 0 Å². The number of Topliss-reactive ketones (excluding diaryl/α,β-unsaturated/α-hetero) is 1. The van der Waals surface area contributed by atoms with Crippen LogP contribution in [0.5, 0.6) is 5.75 Å². The van der Waals surface area contributed by atoms with Crippen LogP contribution >= 0.6 is 12.4 Å². The summed E-state index contributed by atoms with van der Waals surface area (Å²) in [5.74, 6) is 1.05. The fourth-order valence-corrected chi connectivity index (χ4v) is 3.84. The highest BCUT2D eigenvalue weighted by molar-refractivity contribution is 5.96. The fourth-order valence-electron chi connectivity index (χ4n) is 3.84. The minimum Gasteiger partial charge on any atom is -0.497 e. The van der Waals surface area contributed by atoms with Gasteiger partial charge in [-0.1, -0.05) is 0 Å². The molecule has 0 aromatic heterocycles. The third-order valence-corrected chi connectivity index (χ3v) is 5.15. The lowest BCUT2D eigenvalue weighted by Gasteiger charge is -2.28. The lowest BCUT2D eigenvalue weighted by Crippen LogP contribution is -2.42. The number of hydrogen-bond acceptors (Lipinski definition) is 4. The maximum atomic E-state index is 12.6. The predicted molar refractivity (Wildman–Crippen MR) is 99.6 cm³/mol. The molecule has 1 aromatic rings.